The lowest BCUT2D eigenvalue weighted by Crippen LogP contribution is -2.43. The Morgan fingerprint density at radius 1 is 1.08 bits per heavy atom. The number of hydrogen-bond acceptors (Lipinski definition) is 5. The number of amides is 1. The highest BCUT2D eigenvalue weighted by molar-refractivity contribution is 5.93. The van der Waals surface area contributed by atoms with Gasteiger partial charge in [-0.05, 0) is 25.3 Å². The molecule has 0 radical (unpaired) electrons. The second-order valence-corrected chi connectivity index (χ2v) is 5.58. The van der Waals surface area contributed by atoms with E-state index in [1.54, 1.807) is 0 Å². The second-order valence-electron chi connectivity index (χ2n) is 5.58. The Kier molecular flexibility index (Phi) is 4.10. The highest BCUT2D eigenvalue weighted by atomic mass is 19.2. The van der Waals surface area contributed by atoms with Gasteiger partial charge in [0.1, 0.15) is 5.82 Å². The molecule has 0 spiro atoms. The summed E-state index contributed by atoms with van der Waals surface area (Å²) in [6.45, 7) is 0. The zero-order valence-electron chi connectivity index (χ0n) is 12.4. The minimum absolute atomic E-state index is 0.0278. The Hall–Kier alpha value is -2.68. The number of benzene rings is 1. The summed E-state index contributed by atoms with van der Waals surface area (Å²) in [5, 5.41) is 2.97. The average molecular weight is 337 g/mol. The van der Waals surface area contributed by atoms with Gasteiger partial charge >= 0.3 is 0 Å². The van der Waals surface area contributed by atoms with Gasteiger partial charge in [0, 0.05) is 24.0 Å². The largest absolute Gasteiger partial charge is 0.345 e. The predicted octanol–water partition coefficient (Wildman–Crippen LogP) is 1.99. The predicted molar refractivity (Wildman–Crippen MR) is 79.2 cm³/mol. The summed E-state index contributed by atoms with van der Waals surface area (Å²) in [6, 6.07) is 1.38. The third kappa shape index (κ3) is 2.78. The van der Waals surface area contributed by atoms with Crippen LogP contribution < -0.4 is 16.6 Å². The van der Waals surface area contributed by atoms with Crippen molar-refractivity contribution in [1.29, 1.82) is 0 Å². The molecule has 6 nitrogen and oxygen atoms in total. The van der Waals surface area contributed by atoms with Crippen LogP contribution in [0.2, 0.25) is 0 Å². The van der Waals surface area contributed by atoms with Crippen LogP contribution in [0.25, 0.3) is 0 Å². The van der Waals surface area contributed by atoms with Gasteiger partial charge in [-0.3, -0.25) is 10.2 Å². The maximum absolute atomic E-state index is 14.1. The van der Waals surface area contributed by atoms with Crippen molar-refractivity contribution in [2.24, 2.45) is 5.84 Å². The van der Waals surface area contributed by atoms with Gasteiger partial charge in [0.25, 0.3) is 5.91 Å². The molecule has 9 heteroatoms. The SMILES string of the molecule is NNC(=O)c1cnc(NC2(c3cc(F)c(F)cc3F)CCC2)nc1. The van der Waals surface area contributed by atoms with Crippen molar-refractivity contribution in [3.8, 4) is 0 Å². The molecule has 1 aliphatic carbocycles. The molecule has 1 saturated carbocycles. The van der Waals surface area contributed by atoms with Crippen LogP contribution in [0.1, 0.15) is 35.2 Å². The van der Waals surface area contributed by atoms with E-state index in [9.17, 15) is 18.0 Å². The first-order valence-electron chi connectivity index (χ1n) is 7.21. The lowest BCUT2D eigenvalue weighted by Gasteiger charge is -2.43. The topological polar surface area (TPSA) is 92.9 Å². The van der Waals surface area contributed by atoms with E-state index < -0.39 is 28.9 Å². The summed E-state index contributed by atoms with van der Waals surface area (Å²) in [5.74, 6) is 1.43. The Morgan fingerprint density at radius 2 is 1.71 bits per heavy atom. The van der Waals surface area contributed by atoms with Crippen molar-refractivity contribution in [2.45, 2.75) is 24.8 Å². The van der Waals surface area contributed by atoms with E-state index in [2.05, 4.69) is 15.3 Å². The summed E-state index contributed by atoms with van der Waals surface area (Å²) in [6.07, 6.45) is 4.34. The van der Waals surface area contributed by atoms with Crippen molar-refractivity contribution in [1.82, 2.24) is 15.4 Å². The Balaban J connectivity index is 1.89. The maximum atomic E-state index is 14.1. The number of aromatic nitrogens is 2. The number of anilines is 1. The van der Waals surface area contributed by atoms with E-state index in [0.717, 1.165) is 12.5 Å². The number of rotatable bonds is 4. The molecule has 0 saturated heterocycles. The lowest BCUT2D eigenvalue weighted by atomic mass is 9.71. The van der Waals surface area contributed by atoms with Gasteiger partial charge in [-0.1, -0.05) is 0 Å². The molecule has 2 aromatic rings. The summed E-state index contributed by atoms with van der Waals surface area (Å²) >= 11 is 0. The van der Waals surface area contributed by atoms with Crippen LogP contribution in [0.5, 0.6) is 0 Å². The van der Waals surface area contributed by atoms with Crippen molar-refractivity contribution in [3.63, 3.8) is 0 Å². The standard InChI is InChI=1S/C15H14F3N5O/c16-10-5-12(18)11(17)4-9(10)15(2-1-3-15)22-14-20-6-8(7-21-14)13(24)23-19/h4-7H,1-3,19H2,(H,23,24)(H,20,21,22). The molecule has 1 aromatic heterocycles. The Morgan fingerprint density at radius 3 is 2.25 bits per heavy atom. The van der Waals surface area contributed by atoms with E-state index in [-0.39, 0.29) is 17.1 Å². The number of nitrogen functional groups attached to an aromatic ring is 1. The molecule has 1 aromatic carbocycles. The fraction of sp³-hybridized carbons (Fsp3) is 0.267. The Labute approximate surface area is 135 Å². The van der Waals surface area contributed by atoms with Crippen LogP contribution in [0.4, 0.5) is 19.1 Å². The van der Waals surface area contributed by atoms with Crippen LogP contribution in [0, 0.1) is 17.5 Å². The van der Waals surface area contributed by atoms with Gasteiger partial charge in [-0.2, -0.15) is 0 Å². The number of nitrogens with one attached hydrogen (secondary N) is 2. The number of hydrogen-bond donors (Lipinski definition) is 3. The molecule has 4 N–H and O–H groups in total. The van der Waals surface area contributed by atoms with Gasteiger partial charge in [-0.15, -0.1) is 0 Å². The number of halogens is 3. The molecular formula is C15H14F3N5O. The third-order valence-corrected chi connectivity index (χ3v) is 4.13. The molecular weight excluding hydrogens is 323 g/mol. The number of hydrazine groups is 1. The average Bonchev–Trinajstić information content (AvgIpc) is 2.54. The van der Waals surface area contributed by atoms with Crippen molar-refractivity contribution >= 4 is 11.9 Å². The fourth-order valence-corrected chi connectivity index (χ4v) is 2.69. The highest BCUT2D eigenvalue weighted by Gasteiger charge is 2.42. The van der Waals surface area contributed by atoms with E-state index in [1.807, 2.05) is 5.43 Å². The lowest BCUT2D eigenvalue weighted by molar-refractivity contribution is 0.0953. The van der Waals surface area contributed by atoms with E-state index in [1.165, 1.54) is 12.4 Å². The highest BCUT2D eigenvalue weighted by Crippen LogP contribution is 2.44. The smallest absolute Gasteiger partial charge is 0.268 e. The minimum Gasteiger partial charge on any atom is -0.345 e. The molecule has 3 rings (SSSR count). The van der Waals surface area contributed by atoms with Crippen molar-refractivity contribution in [3.05, 3.63) is 53.1 Å². The monoisotopic (exact) mass is 337 g/mol. The van der Waals surface area contributed by atoms with Crippen molar-refractivity contribution in [2.75, 3.05) is 5.32 Å². The van der Waals surface area contributed by atoms with E-state index >= 15 is 0 Å². The first kappa shape index (κ1) is 16.2. The zero-order valence-corrected chi connectivity index (χ0v) is 12.4. The third-order valence-electron chi connectivity index (χ3n) is 4.13. The molecule has 1 heterocycles. The molecule has 1 aliphatic rings. The minimum atomic E-state index is -1.24. The van der Waals surface area contributed by atoms with Gasteiger partial charge in [0.15, 0.2) is 11.6 Å². The quantitative estimate of drug-likeness (QED) is 0.343. The van der Waals surface area contributed by atoms with Gasteiger partial charge in [0.2, 0.25) is 5.95 Å². The summed E-state index contributed by atoms with van der Waals surface area (Å²) in [7, 11) is 0. The molecule has 0 bridgehead atoms. The summed E-state index contributed by atoms with van der Waals surface area (Å²) in [5.41, 5.74) is 1.23. The number of carbonyl (C=O) groups excluding carboxylic acids is 1. The number of nitrogens with two attached hydrogens (primary N) is 1. The van der Waals surface area contributed by atoms with Gasteiger partial charge < -0.3 is 5.32 Å². The summed E-state index contributed by atoms with van der Waals surface area (Å²) < 4.78 is 40.8. The van der Waals surface area contributed by atoms with Crippen LogP contribution >= 0.6 is 0 Å². The molecule has 24 heavy (non-hydrogen) atoms. The summed E-state index contributed by atoms with van der Waals surface area (Å²) in [4.78, 5) is 19.3. The molecule has 0 atom stereocenters. The van der Waals surface area contributed by atoms with Gasteiger partial charge in [-0.25, -0.2) is 29.0 Å². The molecule has 0 aliphatic heterocycles. The van der Waals surface area contributed by atoms with Gasteiger partial charge in [0.05, 0.1) is 11.1 Å². The van der Waals surface area contributed by atoms with E-state index in [4.69, 9.17) is 5.84 Å². The first-order valence-corrected chi connectivity index (χ1v) is 7.21. The first-order chi connectivity index (χ1) is 11.4. The van der Waals surface area contributed by atoms with Crippen LogP contribution in [0.3, 0.4) is 0 Å². The van der Waals surface area contributed by atoms with Crippen molar-refractivity contribution < 1.29 is 18.0 Å². The fourth-order valence-electron chi connectivity index (χ4n) is 2.69. The van der Waals surface area contributed by atoms with Crippen LogP contribution in [0.15, 0.2) is 24.5 Å². The molecule has 1 fully saturated rings. The maximum Gasteiger partial charge on any atom is 0.268 e. The Bertz CT molecular complexity index is 777. The molecule has 1 amide bonds. The molecule has 126 valence electrons. The molecule has 0 unspecified atom stereocenters. The van der Waals surface area contributed by atoms with Crippen LogP contribution in [-0.2, 0) is 5.54 Å². The second kappa shape index (κ2) is 6.08. The zero-order chi connectivity index (χ0) is 17.3. The van der Waals surface area contributed by atoms with Crippen LogP contribution in [-0.4, -0.2) is 15.9 Å². The normalized spacial score (nSPS) is 15.5. The number of carbonyl (C=O) groups is 1. The number of nitrogens with zero attached hydrogens (tertiary/aromatic N) is 2. The van der Waals surface area contributed by atoms with E-state index in [0.29, 0.717) is 18.9 Å².